The van der Waals surface area contributed by atoms with Gasteiger partial charge in [0.25, 0.3) is 0 Å². The molecule has 0 aliphatic carbocycles. The van der Waals surface area contributed by atoms with E-state index in [1.54, 1.807) is 6.08 Å². The first-order valence-electron chi connectivity index (χ1n) is 1.42. The fourth-order valence-electron chi connectivity index (χ4n) is 0.0630. The van der Waals surface area contributed by atoms with Gasteiger partial charge in [0.1, 0.15) is 0 Å². The zero-order valence-corrected chi connectivity index (χ0v) is 4.53. The Morgan fingerprint density at radius 2 is 2.60 bits per heavy atom. The van der Waals surface area contributed by atoms with E-state index in [-0.39, 0.29) is 0 Å². The van der Waals surface area contributed by atoms with E-state index in [0.717, 1.165) is 5.33 Å². The highest BCUT2D eigenvalue weighted by atomic mass is 79.9. The molecule has 0 saturated heterocycles. The lowest BCUT2D eigenvalue weighted by Crippen LogP contribution is -1.60. The first kappa shape index (κ1) is 5.09. The van der Waals surface area contributed by atoms with Crippen molar-refractivity contribution >= 4 is 15.9 Å². The summed E-state index contributed by atoms with van der Waals surface area (Å²) in [6, 6.07) is 0. The summed E-state index contributed by atoms with van der Waals surface area (Å²) in [7, 11) is 0. The molecular formula is C4H6Br+. The molecule has 0 aromatic carbocycles. The van der Waals surface area contributed by atoms with Gasteiger partial charge in [-0.25, -0.2) is 0 Å². The van der Waals surface area contributed by atoms with Crippen molar-refractivity contribution in [2.45, 2.75) is 0 Å². The van der Waals surface area contributed by atoms with Gasteiger partial charge in [-0.3, -0.25) is 0 Å². The van der Waals surface area contributed by atoms with E-state index in [0.29, 0.717) is 0 Å². The Labute approximate surface area is 41.0 Å². The average Bonchev–Trinajstić information content (AvgIpc) is 1.41. The van der Waals surface area contributed by atoms with E-state index in [4.69, 9.17) is 0 Å². The summed E-state index contributed by atoms with van der Waals surface area (Å²) in [5.74, 6) is 0. The van der Waals surface area contributed by atoms with Crippen LogP contribution in [-0.2, 0) is 0 Å². The number of alkyl halides is 1. The lowest BCUT2D eigenvalue weighted by molar-refractivity contribution is 1.62. The molecule has 0 aliphatic rings. The minimum Gasteiger partial charge on any atom is -0.0644 e. The van der Waals surface area contributed by atoms with Gasteiger partial charge in [0, 0.05) is 6.58 Å². The predicted octanol–water partition coefficient (Wildman–Crippen LogP) is 1.77. The molecular weight excluding hydrogens is 128 g/mol. The first-order valence-corrected chi connectivity index (χ1v) is 2.54. The summed E-state index contributed by atoms with van der Waals surface area (Å²) in [6.07, 6.45) is 3.69. The van der Waals surface area contributed by atoms with Crippen LogP contribution >= 0.6 is 15.9 Å². The third-order valence-electron chi connectivity index (χ3n) is 0.256. The fourth-order valence-corrected chi connectivity index (χ4v) is 0.327. The van der Waals surface area contributed by atoms with E-state index in [2.05, 4.69) is 22.5 Å². The van der Waals surface area contributed by atoms with Crippen LogP contribution in [0, 0.1) is 6.42 Å². The van der Waals surface area contributed by atoms with Crippen molar-refractivity contribution in [3.63, 3.8) is 0 Å². The Balaban J connectivity index is 2.40. The quantitative estimate of drug-likeness (QED) is 0.398. The maximum Gasteiger partial charge on any atom is 0.0873 e. The second-order valence-corrected chi connectivity index (χ2v) is 1.27. The Kier molecular flexibility index (Phi) is 4.16. The molecule has 1 heteroatoms. The molecule has 0 atom stereocenters. The van der Waals surface area contributed by atoms with Crippen LogP contribution in [0.3, 0.4) is 0 Å². The normalized spacial score (nSPS) is 6.60. The maximum atomic E-state index is 3.46. The third kappa shape index (κ3) is 4.09. The second kappa shape index (κ2) is 4.09. The first-order chi connectivity index (χ1) is 2.41. The predicted molar refractivity (Wildman–Crippen MR) is 28.3 cm³/mol. The average molecular weight is 134 g/mol. The van der Waals surface area contributed by atoms with E-state index < -0.39 is 0 Å². The van der Waals surface area contributed by atoms with Crippen LogP contribution in [0.15, 0.2) is 12.7 Å². The molecule has 0 rings (SSSR count). The molecule has 28 valence electrons. The topological polar surface area (TPSA) is 0 Å². The summed E-state index contributed by atoms with van der Waals surface area (Å²) in [6.45, 7) is 3.46. The smallest absolute Gasteiger partial charge is 0.0644 e. The molecule has 0 aromatic heterocycles. The highest BCUT2D eigenvalue weighted by molar-refractivity contribution is 9.09. The van der Waals surface area contributed by atoms with Crippen LogP contribution in [0.2, 0.25) is 0 Å². The van der Waals surface area contributed by atoms with Gasteiger partial charge in [0.15, 0.2) is 0 Å². The maximum absolute atomic E-state index is 3.46. The van der Waals surface area contributed by atoms with Crippen LogP contribution in [0.5, 0.6) is 0 Å². The molecule has 0 amide bonds. The van der Waals surface area contributed by atoms with Crippen LogP contribution in [0.1, 0.15) is 0 Å². The zero-order valence-electron chi connectivity index (χ0n) is 2.95. The monoisotopic (exact) mass is 133 g/mol. The van der Waals surface area contributed by atoms with Crippen molar-refractivity contribution in [3.05, 3.63) is 19.1 Å². The lowest BCUT2D eigenvalue weighted by atomic mass is 10.5. The SMILES string of the molecule is C=C[CH+]CBr. The molecule has 0 saturated carbocycles. The number of hydrogen-bond donors (Lipinski definition) is 0. The molecule has 0 bridgehead atoms. The lowest BCUT2D eigenvalue weighted by Gasteiger charge is -1.61. The molecule has 0 N–H and O–H groups in total. The van der Waals surface area contributed by atoms with Crippen molar-refractivity contribution in [1.82, 2.24) is 0 Å². The van der Waals surface area contributed by atoms with Crippen molar-refractivity contribution in [1.29, 1.82) is 0 Å². The van der Waals surface area contributed by atoms with Gasteiger partial charge in [-0.1, -0.05) is 15.9 Å². The van der Waals surface area contributed by atoms with Gasteiger partial charge in [-0.15, -0.1) is 0 Å². The minimum atomic E-state index is 0.913. The Morgan fingerprint density at radius 1 is 2.00 bits per heavy atom. The number of hydrogen-bond acceptors (Lipinski definition) is 0. The Morgan fingerprint density at radius 3 is 2.60 bits per heavy atom. The van der Waals surface area contributed by atoms with Crippen molar-refractivity contribution in [2.24, 2.45) is 0 Å². The summed E-state index contributed by atoms with van der Waals surface area (Å²) in [4.78, 5) is 0. The summed E-state index contributed by atoms with van der Waals surface area (Å²) in [5.41, 5.74) is 0. The summed E-state index contributed by atoms with van der Waals surface area (Å²) < 4.78 is 0. The molecule has 0 radical (unpaired) electrons. The van der Waals surface area contributed by atoms with Crippen LogP contribution < -0.4 is 0 Å². The molecule has 0 heterocycles. The van der Waals surface area contributed by atoms with Crippen LogP contribution in [-0.4, -0.2) is 5.33 Å². The summed E-state index contributed by atoms with van der Waals surface area (Å²) in [5, 5.41) is 0.913. The zero-order chi connectivity index (χ0) is 4.12. The van der Waals surface area contributed by atoms with Crippen LogP contribution in [0.4, 0.5) is 0 Å². The molecule has 0 aromatic rings. The third-order valence-corrected chi connectivity index (χ3v) is 0.630. The fraction of sp³-hybridized carbons (Fsp3) is 0.250. The molecule has 0 unspecified atom stereocenters. The van der Waals surface area contributed by atoms with E-state index in [1.807, 2.05) is 6.42 Å². The van der Waals surface area contributed by atoms with Gasteiger partial charge < -0.3 is 0 Å². The van der Waals surface area contributed by atoms with E-state index in [1.165, 1.54) is 0 Å². The van der Waals surface area contributed by atoms with Gasteiger partial charge in [0.05, 0.1) is 17.8 Å². The van der Waals surface area contributed by atoms with Crippen molar-refractivity contribution < 1.29 is 0 Å². The molecule has 0 aliphatic heterocycles. The van der Waals surface area contributed by atoms with Gasteiger partial charge >= 0.3 is 0 Å². The van der Waals surface area contributed by atoms with Gasteiger partial charge in [0.2, 0.25) is 0 Å². The summed E-state index contributed by atoms with van der Waals surface area (Å²) >= 11 is 3.18. The Bertz CT molecular complexity index is 24.8. The largest absolute Gasteiger partial charge is 0.0873 e. The molecule has 5 heavy (non-hydrogen) atoms. The van der Waals surface area contributed by atoms with E-state index in [9.17, 15) is 0 Å². The van der Waals surface area contributed by atoms with E-state index >= 15 is 0 Å². The van der Waals surface area contributed by atoms with Gasteiger partial charge in [-0.05, 0) is 0 Å². The van der Waals surface area contributed by atoms with Gasteiger partial charge in [-0.2, -0.15) is 0 Å². The van der Waals surface area contributed by atoms with Crippen molar-refractivity contribution in [2.75, 3.05) is 5.33 Å². The highest BCUT2D eigenvalue weighted by Gasteiger charge is 1.73. The molecule has 0 nitrogen and oxygen atoms in total. The van der Waals surface area contributed by atoms with Crippen LogP contribution in [0.25, 0.3) is 0 Å². The Hall–Kier alpha value is 0.0900. The second-order valence-electron chi connectivity index (χ2n) is 0.626. The number of halogens is 1. The highest BCUT2D eigenvalue weighted by Crippen LogP contribution is 1.82. The standard InChI is InChI=1S/C4H6Br/c1-2-3-4-5/h2-3H,1,4H2/q+1. The molecule has 0 fully saturated rings. The van der Waals surface area contributed by atoms with Crippen molar-refractivity contribution in [3.8, 4) is 0 Å². The molecule has 0 spiro atoms. The number of allylic oxidation sites excluding steroid dienone is 1. The minimum absolute atomic E-state index is 0.913. The number of rotatable bonds is 2.